The Morgan fingerprint density at radius 3 is 1.95 bits per heavy atom. The lowest BCUT2D eigenvalue weighted by Crippen LogP contribution is -2.80. The number of carbonyl (C=O) groups is 5. The van der Waals surface area contributed by atoms with E-state index in [1.165, 1.54) is 20.8 Å². The number of rotatable bonds is 4. The molecule has 1 aliphatic heterocycles. The van der Waals surface area contributed by atoms with Crippen LogP contribution in [0.25, 0.3) is 0 Å². The molecule has 4 rings (SSSR count). The first-order valence-corrected chi connectivity index (χ1v) is 13.3. The van der Waals surface area contributed by atoms with Gasteiger partial charge in [-0.25, -0.2) is 0 Å². The molecule has 40 heavy (non-hydrogen) atoms. The second kappa shape index (κ2) is 9.63. The number of esters is 4. The van der Waals surface area contributed by atoms with Gasteiger partial charge in [0.15, 0.2) is 23.6 Å². The van der Waals surface area contributed by atoms with E-state index in [1.54, 1.807) is 13.8 Å². The number of fused-ring (bicyclic) bond motifs is 1. The zero-order valence-electron chi connectivity index (χ0n) is 23.8. The summed E-state index contributed by atoms with van der Waals surface area (Å²) >= 11 is 0. The summed E-state index contributed by atoms with van der Waals surface area (Å²) in [5.74, 6) is -5.63. The van der Waals surface area contributed by atoms with Crippen molar-refractivity contribution in [1.29, 1.82) is 0 Å². The first-order valence-electron chi connectivity index (χ1n) is 13.3. The van der Waals surface area contributed by atoms with Crippen molar-refractivity contribution >= 4 is 29.7 Å². The Hall–Kier alpha value is -2.83. The number of hydrogen-bond acceptors (Lipinski definition) is 12. The SMILES string of the molecule is C=C1C(O)CC(OC(C)=O)[C@@]2(C)C(OC(C)=O)C(OC(C)=O)[C@]3(O)[C@@]4(C)CO[C@]3(C)C(=O)C[C@H]4C(OC(C)=O)[C@H]12. The number of aliphatic hydroxyl groups excluding tert-OH is 1. The standard InChI is InChI=1S/C28H38O12/c1-12-18(33)10-20(37-13(2)29)26(7)21(12)22(38-14(3)30)17-9-19(34)27(8)28(35,25(17,6)11-36-27)24(40-16(5)32)23(26)39-15(4)31/h17-18,20-24,33,35H,1,9-11H2,2-8H3/t17-,18?,20?,21-,22?,23?,24?,25-,26+,27+,28-/m0/s1. The van der Waals surface area contributed by atoms with Crippen LogP contribution in [-0.2, 0) is 47.7 Å². The highest BCUT2D eigenvalue weighted by Crippen LogP contribution is 2.67. The molecule has 4 aliphatic rings. The molecule has 4 fully saturated rings. The highest BCUT2D eigenvalue weighted by Gasteiger charge is 2.82. The van der Waals surface area contributed by atoms with Crippen molar-refractivity contribution in [3.05, 3.63) is 12.2 Å². The molecule has 222 valence electrons. The summed E-state index contributed by atoms with van der Waals surface area (Å²) in [6, 6.07) is 0. The van der Waals surface area contributed by atoms with E-state index in [4.69, 9.17) is 23.7 Å². The minimum Gasteiger partial charge on any atom is -0.462 e. The number of aliphatic hydroxyl groups is 2. The van der Waals surface area contributed by atoms with Gasteiger partial charge in [0.25, 0.3) is 0 Å². The summed E-state index contributed by atoms with van der Waals surface area (Å²) in [4.78, 5) is 63.9. The summed E-state index contributed by atoms with van der Waals surface area (Å²) in [5, 5.41) is 23.9. The lowest BCUT2D eigenvalue weighted by molar-refractivity contribution is -0.295. The second-order valence-corrected chi connectivity index (χ2v) is 12.1. The number of hydrogen-bond donors (Lipinski definition) is 2. The lowest BCUT2D eigenvalue weighted by Gasteiger charge is -2.64. The summed E-state index contributed by atoms with van der Waals surface area (Å²) < 4.78 is 29.3. The van der Waals surface area contributed by atoms with Gasteiger partial charge in [0.1, 0.15) is 17.8 Å². The fourth-order valence-corrected chi connectivity index (χ4v) is 7.97. The van der Waals surface area contributed by atoms with Gasteiger partial charge in [-0.05, 0) is 12.5 Å². The predicted octanol–water partition coefficient (Wildman–Crippen LogP) is 0.785. The lowest BCUT2D eigenvalue weighted by atomic mass is 9.44. The molecule has 12 heteroatoms. The predicted molar refractivity (Wildman–Crippen MR) is 134 cm³/mol. The first-order chi connectivity index (χ1) is 18.4. The van der Waals surface area contributed by atoms with Crippen LogP contribution in [0.5, 0.6) is 0 Å². The highest BCUT2D eigenvalue weighted by molar-refractivity contribution is 5.91. The van der Waals surface area contributed by atoms with Crippen molar-refractivity contribution in [3.8, 4) is 0 Å². The van der Waals surface area contributed by atoms with Crippen LogP contribution in [0.2, 0.25) is 0 Å². The number of ether oxygens (including phenoxy) is 5. The van der Waals surface area contributed by atoms with Crippen LogP contribution in [0.4, 0.5) is 0 Å². The molecule has 0 aromatic heterocycles. The van der Waals surface area contributed by atoms with Gasteiger partial charge in [0, 0.05) is 57.8 Å². The van der Waals surface area contributed by atoms with E-state index < -0.39 is 94.0 Å². The molecule has 0 radical (unpaired) electrons. The van der Waals surface area contributed by atoms with E-state index in [-0.39, 0.29) is 25.0 Å². The van der Waals surface area contributed by atoms with E-state index in [2.05, 4.69) is 6.58 Å². The van der Waals surface area contributed by atoms with Gasteiger partial charge in [-0.3, -0.25) is 24.0 Å². The van der Waals surface area contributed by atoms with Crippen LogP contribution in [0.3, 0.4) is 0 Å². The number of carbonyl (C=O) groups excluding carboxylic acids is 5. The molecule has 1 saturated heterocycles. The summed E-state index contributed by atoms with van der Waals surface area (Å²) in [5.41, 5.74) is -6.99. The van der Waals surface area contributed by atoms with Crippen LogP contribution < -0.4 is 0 Å². The van der Waals surface area contributed by atoms with Gasteiger partial charge in [0.05, 0.1) is 18.1 Å². The Bertz CT molecular complexity index is 1160. The van der Waals surface area contributed by atoms with Gasteiger partial charge in [-0.1, -0.05) is 20.4 Å². The van der Waals surface area contributed by atoms with E-state index in [0.29, 0.717) is 0 Å². The molecule has 0 spiro atoms. The van der Waals surface area contributed by atoms with Crippen molar-refractivity contribution in [2.45, 2.75) is 103 Å². The van der Waals surface area contributed by atoms with Crippen molar-refractivity contribution < 1.29 is 57.9 Å². The molecule has 11 atom stereocenters. The fourth-order valence-electron chi connectivity index (χ4n) is 7.97. The third-order valence-corrected chi connectivity index (χ3v) is 9.86. The van der Waals surface area contributed by atoms with Gasteiger partial charge in [-0.15, -0.1) is 0 Å². The zero-order valence-corrected chi connectivity index (χ0v) is 23.8. The van der Waals surface area contributed by atoms with Crippen molar-refractivity contribution in [2.24, 2.45) is 22.7 Å². The summed E-state index contributed by atoms with van der Waals surface area (Å²) in [6.07, 6.45) is -7.28. The molecule has 4 bridgehead atoms. The third-order valence-electron chi connectivity index (χ3n) is 9.86. The fraction of sp³-hybridized carbons (Fsp3) is 0.750. The van der Waals surface area contributed by atoms with E-state index >= 15 is 0 Å². The Kier molecular flexibility index (Phi) is 7.25. The Labute approximate surface area is 232 Å². The largest absolute Gasteiger partial charge is 0.462 e. The molecule has 0 aromatic carbocycles. The minimum atomic E-state index is -2.30. The maximum Gasteiger partial charge on any atom is 0.303 e. The van der Waals surface area contributed by atoms with Crippen LogP contribution >= 0.6 is 0 Å². The van der Waals surface area contributed by atoms with Gasteiger partial charge >= 0.3 is 23.9 Å². The van der Waals surface area contributed by atoms with Crippen molar-refractivity contribution in [1.82, 2.24) is 0 Å². The number of Topliss-reactive ketones (excluding diaryl/α,β-unsaturated/α-hetero) is 1. The first kappa shape index (κ1) is 30.1. The highest BCUT2D eigenvalue weighted by atomic mass is 16.6. The number of ketones is 1. The summed E-state index contributed by atoms with van der Waals surface area (Å²) in [7, 11) is 0. The molecular weight excluding hydrogens is 528 g/mol. The van der Waals surface area contributed by atoms with Crippen LogP contribution in [-0.4, -0.2) is 88.2 Å². The molecular formula is C28H38O12. The molecule has 3 aliphatic carbocycles. The van der Waals surface area contributed by atoms with Crippen LogP contribution in [0, 0.1) is 22.7 Å². The zero-order chi connectivity index (χ0) is 30.2. The molecule has 5 unspecified atom stereocenters. The normalized spacial score (nSPS) is 45.9. The quantitative estimate of drug-likeness (QED) is 0.279. The van der Waals surface area contributed by atoms with Gasteiger partial charge in [0.2, 0.25) is 0 Å². The van der Waals surface area contributed by atoms with Crippen LogP contribution in [0.15, 0.2) is 12.2 Å². The Morgan fingerprint density at radius 1 is 0.900 bits per heavy atom. The Balaban J connectivity index is 2.15. The monoisotopic (exact) mass is 566 g/mol. The third kappa shape index (κ3) is 3.93. The molecule has 12 nitrogen and oxygen atoms in total. The maximum atomic E-state index is 13.8. The Morgan fingerprint density at radius 2 is 1.43 bits per heavy atom. The molecule has 1 heterocycles. The van der Waals surface area contributed by atoms with E-state index in [1.807, 2.05) is 0 Å². The minimum absolute atomic E-state index is 0.171. The van der Waals surface area contributed by atoms with Crippen LogP contribution in [0.1, 0.15) is 61.3 Å². The van der Waals surface area contributed by atoms with Crippen molar-refractivity contribution in [2.75, 3.05) is 6.61 Å². The molecule has 3 saturated carbocycles. The maximum absolute atomic E-state index is 13.8. The summed E-state index contributed by atoms with van der Waals surface area (Å²) in [6.45, 7) is 13.1. The van der Waals surface area contributed by atoms with Crippen molar-refractivity contribution in [3.63, 3.8) is 0 Å². The molecule has 2 N–H and O–H groups in total. The average molecular weight is 567 g/mol. The topological polar surface area (TPSA) is 172 Å². The van der Waals surface area contributed by atoms with Gasteiger partial charge < -0.3 is 33.9 Å². The van der Waals surface area contributed by atoms with E-state index in [0.717, 1.165) is 13.8 Å². The molecule has 0 amide bonds. The van der Waals surface area contributed by atoms with Gasteiger partial charge in [-0.2, -0.15) is 0 Å². The molecule has 0 aromatic rings. The smallest absolute Gasteiger partial charge is 0.303 e. The van der Waals surface area contributed by atoms with E-state index in [9.17, 15) is 34.2 Å². The second-order valence-electron chi connectivity index (χ2n) is 12.1. The average Bonchev–Trinajstić information content (AvgIpc) is 2.96.